The number of nitrogens with one attached hydrogen (secondary N) is 1. The summed E-state index contributed by atoms with van der Waals surface area (Å²) < 4.78 is 0. The Hall–Kier alpha value is -3.40. The molecule has 4 nitrogen and oxygen atoms in total. The number of carboxylic acids is 1. The van der Waals surface area contributed by atoms with E-state index in [1.807, 2.05) is 24.3 Å². The van der Waals surface area contributed by atoms with Gasteiger partial charge in [0.2, 0.25) is 0 Å². The van der Waals surface area contributed by atoms with Crippen LogP contribution in [0.1, 0.15) is 38.2 Å². The van der Waals surface area contributed by atoms with Gasteiger partial charge in [-0.1, -0.05) is 12.1 Å². The van der Waals surface area contributed by atoms with Crippen molar-refractivity contribution >= 4 is 16.9 Å². The zero-order chi connectivity index (χ0) is 20.9. The van der Waals surface area contributed by atoms with Crippen LogP contribution in [0.5, 0.6) is 0 Å². The molecule has 0 bridgehead atoms. The van der Waals surface area contributed by atoms with Crippen LogP contribution in [0.4, 0.5) is 0 Å². The smallest absolute Gasteiger partial charge is 0.335 e. The number of hydrogen-bond donors (Lipinski definition) is 2. The van der Waals surface area contributed by atoms with E-state index in [0.717, 1.165) is 33.7 Å². The van der Waals surface area contributed by atoms with Crippen molar-refractivity contribution in [3.05, 3.63) is 75.8 Å². The number of rotatable bonds is 3. The molecule has 0 atom stereocenters. The molecule has 0 aliphatic carbocycles. The van der Waals surface area contributed by atoms with Gasteiger partial charge >= 0.3 is 5.97 Å². The molecule has 2 heterocycles. The molecule has 0 saturated carbocycles. The van der Waals surface area contributed by atoms with Crippen molar-refractivity contribution in [1.82, 2.24) is 9.97 Å². The Morgan fingerprint density at radius 2 is 1.45 bits per heavy atom. The van der Waals surface area contributed by atoms with Gasteiger partial charge in [-0.2, -0.15) is 0 Å². The predicted molar refractivity (Wildman–Crippen MR) is 118 cm³/mol. The van der Waals surface area contributed by atoms with Gasteiger partial charge in [0.1, 0.15) is 0 Å². The van der Waals surface area contributed by atoms with E-state index in [1.54, 1.807) is 12.1 Å². The minimum absolute atomic E-state index is 0.282. The third kappa shape index (κ3) is 3.11. The Bertz CT molecular complexity index is 1260. The van der Waals surface area contributed by atoms with E-state index in [-0.39, 0.29) is 5.56 Å². The van der Waals surface area contributed by atoms with Crippen LogP contribution in [0.2, 0.25) is 0 Å². The van der Waals surface area contributed by atoms with Crippen LogP contribution >= 0.6 is 0 Å². The average Bonchev–Trinajstić information content (AvgIpc) is 3.20. The van der Waals surface area contributed by atoms with Gasteiger partial charge < -0.3 is 10.1 Å². The molecule has 0 amide bonds. The fourth-order valence-electron chi connectivity index (χ4n) is 3.89. The topological polar surface area (TPSA) is 66.0 Å². The monoisotopic (exact) mass is 384 g/mol. The molecule has 0 unspecified atom stereocenters. The molecule has 0 aliphatic rings. The molecule has 0 spiro atoms. The molecule has 2 aromatic carbocycles. The minimum Gasteiger partial charge on any atom is -0.478 e. The highest BCUT2D eigenvalue weighted by Crippen LogP contribution is 2.33. The first-order chi connectivity index (χ1) is 13.8. The first-order valence-corrected chi connectivity index (χ1v) is 9.68. The van der Waals surface area contributed by atoms with Crippen molar-refractivity contribution in [2.45, 2.75) is 34.6 Å². The number of H-pyrrole nitrogens is 1. The maximum atomic E-state index is 11.1. The molecule has 0 radical (unpaired) electrons. The molecule has 146 valence electrons. The van der Waals surface area contributed by atoms with Crippen LogP contribution in [0.15, 0.2) is 42.5 Å². The van der Waals surface area contributed by atoms with E-state index in [2.05, 4.69) is 45.7 Å². The van der Waals surface area contributed by atoms with Gasteiger partial charge in [0, 0.05) is 11.1 Å². The lowest BCUT2D eigenvalue weighted by atomic mass is 9.93. The van der Waals surface area contributed by atoms with Gasteiger partial charge in [-0.15, -0.1) is 0 Å². The normalized spacial score (nSPS) is 11.2. The second kappa shape index (κ2) is 6.89. The number of pyridine rings is 1. The summed E-state index contributed by atoms with van der Waals surface area (Å²) in [5.41, 5.74) is 11.4. The molecule has 4 aromatic rings. The summed E-state index contributed by atoms with van der Waals surface area (Å²) in [5.74, 6) is -0.920. The minimum atomic E-state index is -0.920. The third-order valence-corrected chi connectivity index (χ3v) is 6.04. The molecule has 2 N–H and O–H groups in total. The molecular formula is C25H24N2O2. The Labute approximate surface area is 170 Å². The van der Waals surface area contributed by atoms with Crippen molar-refractivity contribution in [2.75, 3.05) is 0 Å². The number of aryl methyl sites for hydroxylation is 3. The van der Waals surface area contributed by atoms with E-state index in [0.29, 0.717) is 0 Å². The largest absolute Gasteiger partial charge is 0.478 e. The highest BCUT2D eigenvalue weighted by molar-refractivity contribution is 5.90. The van der Waals surface area contributed by atoms with Gasteiger partial charge in [-0.25, -0.2) is 9.78 Å². The lowest BCUT2D eigenvalue weighted by Crippen LogP contribution is -1.99. The molecule has 0 aliphatic heterocycles. The summed E-state index contributed by atoms with van der Waals surface area (Å²) in [7, 11) is 0. The van der Waals surface area contributed by atoms with Gasteiger partial charge in [-0.05, 0) is 98.3 Å². The summed E-state index contributed by atoms with van der Waals surface area (Å²) >= 11 is 0. The second-order valence-electron chi connectivity index (χ2n) is 7.72. The van der Waals surface area contributed by atoms with Crippen LogP contribution < -0.4 is 0 Å². The van der Waals surface area contributed by atoms with Crippen molar-refractivity contribution in [1.29, 1.82) is 0 Å². The predicted octanol–water partition coefficient (Wildman–Crippen LogP) is 6.14. The second-order valence-corrected chi connectivity index (χ2v) is 7.72. The number of aromatic nitrogens is 2. The van der Waals surface area contributed by atoms with Gasteiger partial charge in [0.05, 0.1) is 22.5 Å². The van der Waals surface area contributed by atoms with Gasteiger partial charge in [0.15, 0.2) is 0 Å². The number of carbonyl (C=O) groups is 1. The molecule has 29 heavy (non-hydrogen) atoms. The highest BCUT2D eigenvalue weighted by Gasteiger charge is 2.15. The number of hydrogen-bond acceptors (Lipinski definition) is 2. The zero-order valence-electron chi connectivity index (χ0n) is 17.3. The molecule has 0 fully saturated rings. The van der Waals surface area contributed by atoms with E-state index in [9.17, 15) is 4.79 Å². The van der Waals surface area contributed by atoms with E-state index in [4.69, 9.17) is 10.1 Å². The van der Waals surface area contributed by atoms with Crippen LogP contribution in [0, 0.1) is 34.6 Å². The lowest BCUT2D eigenvalue weighted by molar-refractivity contribution is 0.0697. The SMILES string of the molecule is Cc1cc2c(C)c(C)c(C)c(C)c2nc1-c1ccc(-c2ccc(C(=O)O)cc2)[nH]1. The van der Waals surface area contributed by atoms with Crippen molar-refractivity contribution in [2.24, 2.45) is 0 Å². The third-order valence-electron chi connectivity index (χ3n) is 6.04. The van der Waals surface area contributed by atoms with Gasteiger partial charge in [0.25, 0.3) is 0 Å². The van der Waals surface area contributed by atoms with E-state index >= 15 is 0 Å². The lowest BCUT2D eigenvalue weighted by Gasteiger charge is -2.15. The summed E-state index contributed by atoms with van der Waals surface area (Å²) in [4.78, 5) is 19.6. The Morgan fingerprint density at radius 3 is 2.10 bits per heavy atom. The summed E-state index contributed by atoms with van der Waals surface area (Å²) in [6.45, 7) is 10.7. The first-order valence-electron chi connectivity index (χ1n) is 9.68. The molecule has 4 heteroatoms. The Kier molecular flexibility index (Phi) is 4.50. The fraction of sp³-hybridized carbons (Fsp3) is 0.200. The summed E-state index contributed by atoms with van der Waals surface area (Å²) in [5, 5.41) is 10.3. The van der Waals surface area contributed by atoms with Crippen LogP contribution in [0.3, 0.4) is 0 Å². The van der Waals surface area contributed by atoms with Crippen LogP contribution in [-0.4, -0.2) is 21.0 Å². The van der Waals surface area contributed by atoms with Crippen LogP contribution in [0.25, 0.3) is 33.5 Å². The number of fused-ring (bicyclic) bond motifs is 1. The Morgan fingerprint density at radius 1 is 0.828 bits per heavy atom. The maximum absolute atomic E-state index is 11.1. The molecule has 4 rings (SSSR count). The Balaban J connectivity index is 1.81. The number of carboxylic acid groups (broad SMARTS) is 1. The van der Waals surface area contributed by atoms with Crippen molar-refractivity contribution in [3.63, 3.8) is 0 Å². The van der Waals surface area contributed by atoms with Crippen molar-refractivity contribution in [3.8, 4) is 22.6 Å². The van der Waals surface area contributed by atoms with Crippen molar-refractivity contribution < 1.29 is 9.90 Å². The number of aromatic carboxylic acids is 1. The molecular weight excluding hydrogens is 360 g/mol. The number of benzene rings is 2. The fourth-order valence-corrected chi connectivity index (χ4v) is 3.89. The molecule has 2 aromatic heterocycles. The highest BCUT2D eigenvalue weighted by atomic mass is 16.4. The van der Waals surface area contributed by atoms with E-state index < -0.39 is 5.97 Å². The maximum Gasteiger partial charge on any atom is 0.335 e. The van der Waals surface area contributed by atoms with Crippen LogP contribution in [-0.2, 0) is 0 Å². The number of nitrogens with zero attached hydrogens (tertiary/aromatic N) is 1. The quantitative estimate of drug-likeness (QED) is 0.446. The zero-order valence-corrected chi connectivity index (χ0v) is 17.3. The number of aromatic amines is 1. The molecule has 0 saturated heterocycles. The average molecular weight is 384 g/mol. The van der Waals surface area contributed by atoms with Gasteiger partial charge in [-0.3, -0.25) is 0 Å². The van der Waals surface area contributed by atoms with E-state index in [1.165, 1.54) is 27.6 Å². The first kappa shape index (κ1) is 18.9. The standard InChI is InChI=1S/C25H24N2O2/c1-13-12-20-16(4)14(2)15(3)17(5)24(20)27-23(13)22-11-10-21(26-22)18-6-8-19(9-7-18)25(28)29/h6-12,26H,1-5H3,(H,28,29). The summed E-state index contributed by atoms with van der Waals surface area (Å²) in [6.07, 6.45) is 0. The summed E-state index contributed by atoms with van der Waals surface area (Å²) in [6, 6.07) is 13.1.